The summed E-state index contributed by atoms with van der Waals surface area (Å²) in [5.74, 6) is 0.794. The highest BCUT2D eigenvalue weighted by Crippen LogP contribution is 2.61. The monoisotopic (exact) mass is 564 g/mol. The molecule has 0 aromatic heterocycles. The second-order valence-corrected chi connectivity index (χ2v) is 13.4. The smallest absolute Gasteiger partial charge is 0.0118 e. The maximum Gasteiger partial charge on any atom is 0.0118 e. The minimum Gasteiger partial charge on any atom is -0.0654 e. The normalized spacial score (nSPS) is 17.4. The van der Waals surface area contributed by atoms with Crippen molar-refractivity contribution in [2.75, 3.05) is 0 Å². The largest absolute Gasteiger partial charge is 0.0654 e. The Morgan fingerprint density at radius 3 is 1.30 bits per heavy atom. The van der Waals surface area contributed by atoms with Gasteiger partial charge in [0.05, 0.1) is 0 Å². The molecule has 0 amide bonds. The third-order valence-corrected chi connectivity index (χ3v) is 10.1. The van der Waals surface area contributed by atoms with Crippen LogP contribution in [0.4, 0.5) is 0 Å². The summed E-state index contributed by atoms with van der Waals surface area (Å²) in [6, 6.07) is 36.2. The molecular formula is C43H48. The maximum atomic E-state index is 2.59. The van der Waals surface area contributed by atoms with Crippen LogP contribution in [0.2, 0.25) is 0 Å². The van der Waals surface area contributed by atoms with E-state index in [1.54, 1.807) is 11.1 Å². The van der Waals surface area contributed by atoms with Crippen LogP contribution in [0.15, 0.2) is 108 Å². The molecule has 0 saturated carbocycles. The van der Waals surface area contributed by atoms with E-state index in [1.807, 2.05) is 0 Å². The first-order valence-corrected chi connectivity index (χ1v) is 16.8. The molecule has 0 heterocycles. The fourth-order valence-corrected chi connectivity index (χ4v) is 8.18. The van der Waals surface area contributed by atoms with Gasteiger partial charge in [-0.2, -0.15) is 0 Å². The highest BCUT2D eigenvalue weighted by molar-refractivity contribution is 5.84. The molecule has 0 saturated heterocycles. The van der Waals surface area contributed by atoms with Gasteiger partial charge in [0.15, 0.2) is 0 Å². The molecule has 2 aliphatic rings. The number of allylic oxidation sites excluding steroid dienone is 2. The average Bonchev–Trinajstić information content (AvgIpc) is 3.61. The lowest BCUT2D eigenvalue weighted by Crippen LogP contribution is -2.30. The molecular weight excluding hydrogens is 516 g/mol. The number of hydrogen-bond acceptors (Lipinski definition) is 0. The Kier molecular flexibility index (Phi) is 8.85. The van der Waals surface area contributed by atoms with Crippen molar-refractivity contribution < 1.29 is 0 Å². The molecule has 4 aromatic rings. The van der Waals surface area contributed by atoms with Gasteiger partial charge in [0, 0.05) is 11.8 Å². The molecule has 0 radical (unpaired) electrons. The van der Waals surface area contributed by atoms with Crippen LogP contribution in [-0.2, 0) is 0 Å². The Balaban J connectivity index is 1.48. The van der Waals surface area contributed by atoms with E-state index in [1.165, 1.54) is 95.9 Å². The van der Waals surface area contributed by atoms with Gasteiger partial charge in [0.2, 0.25) is 0 Å². The van der Waals surface area contributed by atoms with Crippen molar-refractivity contribution in [2.24, 2.45) is 5.41 Å². The van der Waals surface area contributed by atoms with Crippen LogP contribution in [0.1, 0.15) is 113 Å². The number of hydrogen-bond donors (Lipinski definition) is 0. The van der Waals surface area contributed by atoms with Gasteiger partial charge in [0.1, 0.15) is 0 Å². The van der Waals surface area contributed by atoms with Gasteiger partial charge >= 0.3 is 0 Å². The van der Waals surface area contributed by atoms with Crippen molar-refractivity contribution >= 4 is 12.2 Å². The molecule has 2 unspecified atom stereocenters. The summed E-state index contributed by atoms with van der Waals surface area (Å²) in [6.07, 6.45) is 15.2. The standard InChI is InChI=1S/C43H48/c1-5-7-11-23-33-29-39-35(31-19-13-9-14-20-31)25-17-27-37(39)41(33)43(3,4)42-34(24-12-8-6-2)30-40-36(26-18-28-38(40)42)32-21-15-10-16-22-32/h9-10,13-22,25-30,41-42H,5-8,11-12,23-24H2,1-4H3. The molecule has 2 atom stereocenters. The van der Waals surface area contributed by atoms with Crippen LogP contribution < -0.4 is 0 Å². The van der Waals surface area contributed by atoms with Gasteiger partial charge in [0.25, 0.3) is 0 Å². The third-order valence-electron chi connectivity index (χ3n) is 10.1. The fraction of sp³-hybridized carbons (Fsp3) is 0.349. The first kappa shape index (κ1) is 29.4. The first-order valence-electron chi connectivity index (χ1n) is 16.8. The molecule has 2 aliphatic carbocycles. The van der Waals surface area contributed by atoms with Crippen molar-refractivity contribution in [3.63, 3.8) is 0 Å². The van der Waals surface area contributed by atoms with Crippen molar-refractivity contribution in [3.8, 4) is 22.3 Å². The average molecular weight is 565 g/mol. The molecule has 0 nitrogen and oxygen atoms in total. The van der Waals surface area contributed by atoms with Crippen molar-refractivity contribution in [1.29, 1.82) is 0 Å². The van der Waals surface area contributed by atoms with Crippen molar-refractivity contribution in [1.82, 2.24) is 0 Å². The molecule has 0 bridgehead atoms. The van der Waals surface area contributed by atoms with Gasteiger partial charge < -0.3 is 0 Å². The first-order chi connectivity index (χ1) is 21.0. The lowest BCUT2D eigenvalue weighted by atomic mass is 9.61. The lowest BCUT2D eigenvalue weighted by molar-refractivity contribution is 0.267. The quantitative estimate of drug-likeness (QED) is 0.150. The van der Waals surface area contributed by atoms with Crippen LogP contribution in [0, 0.1) is 5.41 Å². The highest BCUT2D eigenvalue weighted by Gasteiger charge is 2.47. The molecule has 43 heavy (non-hydrogen) atoms. The fourth-order valence-electron chi connectivity index (χ4n) is 8.18. The molecule has 220 valence electrons. The predicted molar refractivity (Wildman–Crippen MR) is 187 cm³/mol. The molecule has 6 rings (SSSR count). The van der Waals surface area contributed by atoms with E-state index in [2.05, 4.69) is 137 Å². The lowest BCUT2D eigenvalue weighted by Gasteiger charge is -2.42. The second kappa shape index (κ2) is 12.9. The van der Waals surface area contributed by atoms with Gasteiger partial charge in [-0.25, -0.2) is 0 Å². The van der Waals surface area contributed by atoms with Crippen molar-refractivity contribution in [3.05, 3.63) is 130 Å². The Morgan fingerprint density at radius 1 is 0.488 bits per heavy atom. The number of rotatable bonds is 12. The van der Waals surface area contributed by atoms with Crippen LogP contribution in [-0.4, -0.2) is 0 Å². The molecule has 4 aromatic carbocycles. The van der Waals surface area contributed by atoms with Gasteiger partial charge in [-0.1, -0.05) is 174 Å². The summed E-state index contributed by atoms with van der Waals surface area (Å²) in [7, 11) is 0. The Hall–Kier alpha value is -3.64. The zero-order valence-electron chi connectivity index (χ0n) is 26.7. The number of benzene rings is 4. The van der Waals surface area contributed by atoms with Gasteiger partial charge in [-0.05, 0) is 75.6 Å². The number of unbranched alkanes of at least 4 members (excludes halogenated alkanes) is 4. The van der Waals surface area contributed by atoms with Gasteiger partial charge in [-0.3, -0.25) is 0 Å². The van der Waals surface area contributed by atoms with E-state index in [0.717, 1.165) is 0 Å². The third kappa shape index (κ3) is 5.70. The minimum atomic E-state index is 0.0250. The van der Waals surface area contributed by atoms with E-state index < -0.39 is 0 Å². The number of fused-ring (bicyclic) bond motifs is 2. The Morgan fingerprint density at radius 2 is 0.907 bits per heavy atom. The van der Waals surface area contributed by atoms with E-state index >= 15 is 0 Å². The van der Waals surface area contributed by atoms with Crippen LogP contribution >= 0.6 is 0 Å². The topological polar surface area (TPSA) is 0 Å². The minimum absolute atomic E-state index is 0.0250. The maximum absolute atomic E-state index is 2.59. The second-order valence-electron chi connectivity index (χ2n) is 13.4. The summed E-state index contributed by atoms with van der Waals surface area (Å²) in [5, 5.41) is 0. The summed E-state index contributed by atoms with van der Waals surface area (Å²) in [4.78, 5) is 0. The predicted octanol–water partition coefficient (Wildman–Crippen LogP) is 12.9. The molecule has 0 heteroatoms. The highest BCUT2D eigenvalue weighted by atomic mass is 14.5. The van der Waals surface area contributed by atoms with E-state index in [4.69, 9.17) is 0 Å². The molecule has 0 spiro atoms. The van der Waals surface area contributed by atoms with Crippen LogP contribution in [0.3, 0.4) is 0 Å². The Labute approximate surface area is 260 Å². The van der Waals surface area contributed by atoms with E-state index in [0.29, 0.717) is 11.8 Å². The van der Waals surface area contributed by atoms with Crippen LogP contribution in [0.5, 0.6) is 0 Å². The SMILES string of the molecule is CCCCCC1=Cc2c(-c3ccccc3)cccc2C1C(C)(C)C1C(CCCCC)=Cc2c(-c3ccccc3)cccc21. The molecule has 0 fully saturated rings. The zero-order valence-corrected chi connectivity index (χ0v) is 26.7. The molecule has 0 aliphatic heterocycles. The Bertz CT molecular complexity index is 1480. The summed E-state index contributed by atoms with van der Waals surface area (Å²) in [5.41, 5.74) is 14.6. The van der Waals surface area contributed by atoms with Gasteiger partial charge in [-0.15, -0.1) is 0 Å². The molecule has 0 N–H and O–H groups in total. The van der Waals surface area contributed by atoms with Crippen molar-refractivity contribution in [2.45, 2.75) is 90.9 Å². The summed E-state index contributed by atoms with van der Waals surface area (Å²) >= 11 is 0. The van der Waals surface area contributed by atoms with Crippen LogP contribution in [0.25, 0.3) is 34.4 Å². The van der Waals surface area contributed by atoms with E-state index in [-0.39, 0.29) is 5.41 Å². The van der Waals surface area contributed by atoms with E-state index in [9.17, 15) is 0 Å². The zero-order chi connectivity index (χ0) is 29.8. The summed E-state index contributed by atoms with van der Waals surface area (Å²) in [6.45, 7) is 9.80. The summed E-state index contributed by atoms with van der Waals surface area (Å²) < 4.78 is 0.